The first-order chi connectivity index (χ1) is 16.9. The Balaban J connectivity index is 1.27. The Morgan fingerprint density at radius 3 is 2.26 bits per heavy atom. The van der Waals surface area contributed by atoms with Crippen LogP contribution in [-0.2, 0) is 22.7 Å². The molecule has 7 heteroatoms. The summed E-state index contributed by atoms with van der Waals surface area (Å²) in [5.74, 6) is -0.508. The molecule has 3 aromatic carbocycles. The van der Waals surface area contributed by atoms with E-state index >= 15 is 0 Å². The number of likely N-dealkylation sites (tertiary alicyclic amines) is 1. The number of carbonyl (C=O) groups excluding carboxylic acids is 3. The number of carbonyl (C=O) groups is 3. The highest BCUT2D eigenvalue weighted by Crippen LogP contribution is 2.21. The quantitative estimate of drug-likeness (QED) is 0.471. The largest absolute Gasteiger partial charge is 0.352 e. The van der Waals surface area contributed by atoms with Crippen molar-refractivity contribution in [2.75, 3.05) is 17.2 Å². The van der Waals surface area contributed by atoms with Crippen molar-refractivity contribution in [1.29, 1.82) is 0 Å². The number of urea groups is 1. The summed E-state index contributed by atoms with van der Waals surface area (Å²) in [5.41, 5.74) is 5.48. The number of rotatable bonds is 7. The van der Waals surface area contributed by atoms with Gasteiger partial charge >= 0.3 is 6.03 Å². The average molecular weight is 471 g/mol. The molecule has 3 aromatic rings. The number of hydrogen-bond donors (Lipinski definition) is 3. The lowest BCUT2D eigenvalue weighted by molar-refractivity contribution is -0.129. The van der Waals surface area contributed by atoms with Crippen LogP contribution in [0.25, 0.3) is 0 Å². The lowest BCUT2D eigenvalue weighted by Gasteiger charge is -2.17. The maximum atomic E-state index is 12.7. The van der Waals surface area contributed by atoms with Crippen LogP contribution in [0.15, 0.2) is 72.8 Å². The van der Waals surface area contributed by atoms with Gasteiger partial charge in [0.25, 0.3) is 0 Å². The Kier molecular flexibility index (Phi) is 7.45. The molecular formula is C28H30N4O3. The van der Waals surface area contributed by atoms with Crippen molar-refractivity contribution in [1.82, 2.24) is 10.2 Å². The van der Waals surface area contributed by atoms with Crippen LogP contribution in [0.4, 0.5) is 16.2 Å². The standard InChI is InChI=1S/C28H30N4O3/c1-19-9-11-21(12-10-19)17-32-18-23(15-26(32)33)27(34)29-16-22-6-4-8-25(14-22)31-28(35)30-24-7-3-5-20(2)13-24/h3-14,23H,15-18H2,1-2H3,(H,29,34)(H2,30,31,35). The zero-order valence-electron chi connectivity index (χ0n) is 20.0. The van der Waals surface area contributed by atoms with Gasteiger partial charge in [0.05, 0.1) is 5.92 Å². The van der Waals surface area contributed by atoms with Crippen molar-refractivity contribution in [3.05, 3.63) is 95.1 Å². The smallest absolute Gasteiger partial charge is 0.323 e. The van der Waals surface area contributed by atoms with Gasteiger partial charge in [-0.25, -0.2) is 4.79 Å². The van der Waals surface area contributed by atoms with Crippen LogP contribution in [0.3, 0.4) is 0 Å². The fourth-order valence-electron chi connectivity index (χ4n) is 4.12. The number of nitrogens with zero attached hydrogens (tertiary/aromatic N) is 1. The van der Waals surface area contributed by atoms with Gasteiger partial charge in [0.15, 0.2) is 0 Å². The van der Waals surface area contributed by atoms with Gasteiger partial charge < -0.3 is 20.9 Å². The lowest BCUT2D eigenvalue weighted by atomic mass is 10.1. The van der Waals surface area contributed by atoms with Gasteiger partial charge in [-0.15, -0.1) is 0 Å². The molecule has 0 saturated carbocycles. The van der Waals surface area contributed by atoms with Crippen molar-refractivity contribution >= 4 is 29.2 Å². The van der Waals surface area contributed by atoms with Crippen molar-refractivity contribution in [2.45, 2.75) is 33.4 Å². The van der Waals surface area contributed by atoms with E-state index in [1.165, 1.54) is 5.56 Å². The van der Waals surface area contributed by atoms with Crippen LogP contribution < -0.4 is 16.0 Å². The topological polar surface area (TPSA) is 90.5 Å². The number of aryl methyl sites for hydroxylation is 2. The average Bonchev–Trinajstić information content (AvgIpc) is 3.19. The summed E-state index contributed by atoms with van der Waals surface area (Å²) < 4.78 is 0. The Labute approximate surface area is 205 Å². The fraction of sp³-hybridized carbons (Fsp3) is 0.250. The molecule has 0 spiro atoms. The first-order valence-electron chi connectivity index (χ1n) is 11.7. The highest BCUT2D eigenvalue weighted by molar-refractivity contribution is 5.99. The molecule has 1 heterocycles. The zero-order valence-corrected chi connectivity index (χ0v) is 20.0. The molecule has 1 saturated heterocycles. The normalized spacial score (nSPS) is 15.1. The highest BCUT2D eigenvalue weighted by Gasteiger charge is 2.34. The minimum absolute atomic E-state index is 0.00320. The van der Waals surface area contributed by atoms with Crippen molar-refractivity contribution in [3.63, 3.8) is 0 Å². The Morgan fingerprint density at radius 2 is 1.54 bits per heavy atom. The molecule has 4 rings (SSSR count). The van der Waals surface area contributed by atoms with Gasteiger partial charge in [-0.1, -0.05) is 54.1 Å². The first-order valence-corrected chi connectivity index (χ1v) is 11.7. The third kappa shape index (κ3) is 6.69. The number of anilines is 2. The molecule has 1 aliphatic heterocycles. The second-order valence-corrected chi connectivity index (χ2v) is 9.03. The highest BCUT2D eigenvalue weighted by atomic mass is 16.2. The fourth-order valence-corrected chi connectivity index (χ4v) is 4.12. The van der Waals surface area contributed by atoms with Crippen LogP contribution in [0.1, 0.15) is 28.7 Å². The molecule has 3 N–H and O–H groups in total. The predicted octanol–water partition coefficient (Wildman–Crippen LogP) is 4.61. The SMILES string of the molecule is Cc1ccc(CN2CC(C(=O)NCc3cccc(NC(=O)Nc4cccc(C)c4)c3)CC2=O)cc1. The van der Waals surface area contributed by atoms with Crippen LogP contribution in [-0.4, -0.2) is 29.3 Å². The molecular weight excluding hydrogens is 440 g/mol. The van der Waals surface area contributed by atoms with Gasteiger partial charge in [0.1, 0.15) is 0 Å². The summed E-state index contributed by atoms with van der Waals surface area (Å²) in [5, 5.41) is 8.56. The van der Waals surface area contributed by atoms with E-state index in [2.05, 4.69) is 16.0 Å². The first kappa shape index (κ1) is 24.0. The van der Waals surface area contributed by atoms with Crippen LogP contribution in [0.2, 0.25) is 0 Å². The van der Waals surface area contributed by atoms with Gasteiger partial charge in [0, 0.05) is 37.4 Å². The number of benzene rings is 3. The van der Waals surface area contributed by atoms with Crippen LogP contribution in [0.5, 0.6) is 0 Å². The van der Waals surface area contributed by atoms with Gasteiger partial charge in [-0.2, -0.15) is 0 Å². The Hall–Kier alpha value is -4.13. The summed E-state index contributed by atoms with van der Waals surface area (Å²) >= 11 is 0. The maximum absolute atomic E-state index is 12.7. The summed E-state index contributed by atoms with van der Waals surface area (Å²) in [4.78, 5) is 39.2. The van der Waals surface area contributed by atoms with E-state index in [9.17, 15) is 14.4 Å². The third-order valence-electron chi connectivity index (χ3n) is 6.01. The molecule has 180 valence electrons. The van der Waals surface area contributed by atoms with E-state index in [4.69, 9.17) is 0 Å². The van der Waals surface area contributed by atoms with Crippen molar-refractivity contribution < 1.29 is 14.4 Å². The molecule has 1 unspecified atom stereocenters. The minimum atomic E-state index is -0.366. The van der Waals surface area contributed by atoms with Gasteiger partial charge in [-0.3, -0.25) is 9.59 Å². The molecule has 4 amide bonds. The van der Waals surface area contributed by atoms with E-state index < -0.39 is 0 Å². The van der Waals surface area contributed by atoms with E-state index in [1.54, 1.807) is 11.0 Å². The molecule has 7 nitrogen and oxygen atoms in total. The Bertz CT molecular complexity index is 1220. The molecule has 35 heavy (non-hydrogen) atoms. The molecule has 1 fully saturated rings. The minimum Gasteiger partial charge on any atom is -0.352 e. The Morgan fingerprint density at radius 1 is 0.857 bits per heavy atom. The van der Waals surface area contributed by atoms with Crippen molar-refractivity contribution in [3.8, 4) is 0 Å². The predicted molar refractivity (Wildman–Crippen MR) is 137 cm³/mol. The van der Waals surface area contributed by atoms with E-state index in [-0.39, 0.29) is 30.2 Å². The molecule has 1 aliphatic rings. The molecule has 1 atom stereocenters. The summed E-state index contributed by atoms with van der Waals surface area (Å²) in [7, 11) is 0. The van der Waals surface area contributed by atoms with Crippen LogP contribution in [0, 0.1) is 19.8 Å². The van der Waals surface area contributed by atoms with E-state index in [0.717, 1.165) is 16.7 Å². The summed E-state index contributed by atoms with van der Waals surface area (Å²) in [6.07, 6.45) is 0.221. The number of hydrogen-bond acceptors (Lipinski definition) is 3. The molecule has 0 aromatic heterocycles. The summed E-state index contributed by atoms with van der Waals surface area (Å²) in [6, 6.07) is 22.6. The van der Waals surface area contributed by atoms with Crippen LogP contribution >= 0.6 is 0 Å². The van der Waals surface area contributed by atoms with E-state index in [1.807, 2.05) is 80.6 Å². The van der Waals surface area contributed by atoms with Gasteiger partial charge in [0.2, 0.25) is 11.8 Å². The van der Waals surface area contributed by atoms with Gasteiger partial charge in [-0.05, 0) is 54.8 Å². The second-order valence-electron chi connectivity index (χ2n) is 9.03. The zero-order chi connectivity index (χ0) is 24.8. The second kappa shape index (κ2) is 10.9. The molecule has 0 aliphatic carbocycles. The maximum Gasteiger partial charge on any atom is 0.323 e. The molecule has 0 bridgehead atoms. The molecule has 0 radical (unpaired) electrons. The van der Waals surface area contributed by atoms with E-state index in [0.29, 0.717) is 31.0 Å². The third-order valence-corrected chi connectivity index (χ3v) is 6.01. The lowest BCUT2D eigenvalue weighted by Crippen LogP contribution is -2.32. The number of amides is 4. The summed E-state index contributed by atoms with van der Waals surface area (Å²) in [6.45, 7) is 5.23. The van der Waals surface area contributed by atoms with Crippen molar-refractivity contribution in [2.24, 2.45) is 5.92 Å². The monoisotopic (exact) mass is 470 g/mol. The number of nitrogens with one attached hydrogen (secondary N) is 3.